The van der Waals surface area contributed by atoms with E-state index in [9.17, 15) is 5.41 Å². The molecule has 1 aliphatic heterocycles. The van der Waals surface area contributed by atoms with Crippen LogP contribution >= 0.6 is 0 Å². The average Bonchev–Trinajstić information content (AvgIpc) is 3.38. The van der Waals surface area contributed by atoms with E-state index < -0.39 is 0 Å². The maximum atomic E-state index is 9.64. The number of hydrogen-bond donors (Lipinski definition) is 1. The lowest BCUT2D eigenvalue weighted by atomic mass is 9.98. The van der Waals surface area contributed by atoms with Crippen molar-refractivity contribution in [1.82, 2.24) is 19.0 Å². The number of piperidine rings is 1. The predicted octanol–water partition coefficient (Wildman–Crippen LogP) is 7.54. The smallest absolute Gasteiger partial charge is 0.146 e. The van der Waals surface area contributed by atoms with E-state index in [1.165, 1.54) is 11.1 Å². The summed E-state index contributed by atoms with van der Waals surface area (Å²) in [5, 5.41) is 10.6. The van der Waals surface area contributed by atoms with Crippen LogP contribution in [0.2, 0.25) is 0 Å². The molecule has 42 heavy (non-hydrogen) atoms. The Kier molecular flexibility index (Phi) is 7.25. The molecule has 2 aromatic heterocycles. The molecule has 3 heterocycles. The molecule has 7 rings (SSSR count). The summed E-state index contributed by atoms with van der Waals surface area (Å²) < 4.78 is 4.45. The first kappa shape index (κ1) is 26.2. The summed E-state index contributed by atoms with van der Waals surface area (Å²) in [4.78, 5) is 7.65. The molecule has 208 valence electrons. The summed E-state index contributed by atoms with van der Waals surface area (Å²) in [6.07, 6.45) is 3.94. The number of aromatic nitrogens is 3. The molecule has 4 aromatic carbocycles. The van der Waals surface area contributed by atoms with Crippen molar-refractivity contribution in [3.8, 4) is 22.4 Å². The van der Waals surface area contributed by atoms with Crippen molar-refractivity contribution >= 4 is 11.0 Å². The molecule has 5 nitrogen and oxygen atoms in total. The average molecular weight is 550 g/mol. The maximum Gasteiger partial charge on any atom is 0.146 e. The highest BCUT2D eigenvalue weighted by Gasteiger charge is 2.26. The summed E-state index contributed by atoms with van der Waals surface area (Å²) >= 11 is 0. The van der Waals surface area contributed by atoms with E-state index >= 15 is 0 Å². The molecule has 1 saturated heterocycles. The standard InChI is InChI=1S/C37H35N5/c38-36-34-33(30-17-9-3-10-18-30)35(31-19-11-4-12-20-31)41(26-29-15-7-2-8-16-29)37(34)39-27-42(36)32-21-23-40(24-22-32)25-28-13-5-1-6-14-28/h1-20,27,32,38H,21-26H2. The Morgan fingerprint density at radius 1 is 0.643 bits per heavy atom. The van der Waals surface area contributed by atoms with Gasteiger partial charge in [-0.05, 0) is 35.1 Å². The number of likely N-dealkylation sites (tertiary alicyclic amines) is 1. The van der Waals surface area contributed by atoms with Crippen LogP contribution in [0.1, 0.15) is 30.0 Å². The normalized spacial score (nSPS) is 14.4. The van der Waals surface area contributed by atoms with Gasteiger partial charge in [0.2, 0.25) is 0 Å². The molecular weight excluding hydrogens is 514 g/mol. The molecule has 1 aliphatic rings. The molecular formula is C37H35N5. The van der Waals surface area contributed by atoms with Crippen molar-refractivity contribution in [3.63, 3.8) is 0 Å². The number of benzene rings is 4. The second-order valence-electron chi connectivity index (χ2n) is 11.2. The van der Waals surface area contributed by atoms with E-state index in [-0.39, 0.29) is 6.04 Å². The van der Waals surface area contributed by atoms with E-state index in [4.69, 9.17) is 4.98 Å². The van der Waals surface area contributed by atoms with Gasteiger partial charge in [0.05, 0.1) is 17.4 Å². The SMILES string of the molecule is N=c1c2c(-c3ccccc3)c(-c3ccccc3)n(Cc3ccccc3)c2ncn1C1CCN(Cc2ccccc2)CC1. The molecule has 0 bridgehead atoms. The predicted molar refractivity (Wildman–Crippen MR) is 170 cm³/mol. The third kappa shape index (κ3) is 5.08. The summed E-state index contributed by atoms with van der Waals surface area (Å²) in [6, 6.07) is 42.6. The van der Waals surface area contributed by atoms with E-state index in [0.29, 0.717) is 12.0 Å². The van der Waals surface area contributed by atoms with Crippen LogP contribution in [0.4, 0.5) is 0 Å². The number of nitrogens with one attached hydrogen (secondary N) is 1. The second kappa shape index (κ2) is 11.6. The Bertz CT molecular complexity index is 1830. The van der Waals surface area contributed by atoms with Crippen molar-refractivity contribution in [3.05, 3.63) is 144 Å². The molecule has 0 unspecified atom stereocenters. The van der Waals surface area contributed by atoms with Crippen LogP contribution in [0.15, 0.2) is 128 Å². The van der Waals surface area contributed by atoms with Crippen molar-refractivity contribution < 1.29 is 0 Å². The fourth-order valence-electron chi connectivity index (χ4n) is 6.44. The van der Waals surface area contributed by atoms with Crippen molar-refractivity contribution in [2.24, 2.45) is 0 Å². The minimum absolute atomic E-state index is 0.252. The Balaban J connectivity index is 1.35. The van der Waals surface area contributed by atoms with E-state index in [1.54, 1.807) is 0 Å². The van der Waals surface area contributed by atoms with E-state index in [0.717, 1.165) is 65.9 Å². The van der Waals surface area contributed by atoms with Crippen LogP contribution in [0, 0.1) is 5.41 Å². The van der Waals surface area contributed by atoms with Gasteiger partial charge in [0.1, 0.15) is 11.1 Å². The molecule has 0 saturated carbocycles. The number of fused-ring (bicyclic) bond motifs is 1. The van der Waals surface area contributed by atoms with Crippen LogP contribution in [0.5, 0.6) is 0 Å². The zero-order valence-electron chi connectivity index (χ0n) is 23.7. The Labute approximate surface area is 246 Å². The zero-order valence-corrected chi connectivity index (χ0v) is 23.7. The number of nitrogens with zero attached hydrogens (tertiary/aromatic N) is 4. The topological polar surface area (TPSA) is 49.8 Å². The highest BCUT2D eigenvalue weighted by molar-refractivity contribution is 6.02. The number of hydrogen-bond acceptors (Lipinski definition) is 3. The van der Waals surface area contributed by atoms with Gasteiger partial charge in [0.15, 0.2) is 0 Å². The first-order valence-corrected chi connectivity index (χ1v) is 14.9. The highest BCUT2D eigenvalue weighted by atomic mass is 15.2. The third-order valence-corrected chi connectivity index (χ3v) is 8.53. The molecule has 0 spiro atoms. The number of rotatable bonds is 7. The molecule has 6 aromatic rings. The lowest BCUT2D eigenvalue weighted by Gasteiger charge is -2.33. The quantitative estimate of drug-likeness (QED) is 0.224. The molecule has 0 amide bonds. The van der Waals surface area contributed by atoms with Gasteiger partial charge in [-0.3, -0.25) is 10.3 Å². The molecule has 1 fully saturated rings. The van der Waals surface area contributed by atoms with Crippen LogP contribution in [-0.2, 0) is 13.1 Å². The van der Waals surface area contributed by atoms with Crippen molar-refractivity contribution in [2.75, 3.05) is 13.1 Å². The second-order valence-corrected chi connectivity index (χ2v) is 11.2. The van der Waals surface area contributed by atoms with Gasteiger partial charge in [0.25, 0.3) is 0 Å². The van der Waals surface area contributed by atoms with Gasteiger partial charge in [-0.25, -0.2) is 4.98 Å². The fraction of sp³-hybridized carbons (Fsp3) is 0.189. The molecule has 5 heteroatoms. The van der Waals surface area contributed by atoms with E-state index in [1.807, 2.05) is 6.33 Å². The van der Waals surface area contributed by atoms with Crippen LogP contribution in [-0.4, -0.2) is 32.1 Å². The van der Waals surface area contributed by atoms with Crippen LogP contribution < -0.4 is 5.49 Å². The van der Waals surface area contributed by atoms with Gasteiger partial charge in [-0.1, -0.05) is 121 Å². The lowest BCUT2D eigenvalue weighted by molar-refractivity contribution is 0.177. The largest absolute Gasteiger partial charge is 0.320 e. The maximum absolute atomic E-state index is 9.64. The van der Waals surface area contributed by atoms with Gasteiger partial charge in [0, 0.05) is 37.8 Å². The minimum Gasteiger partial charge on any atom is -0.320 e. The molecule has 0 atom stereocenters. The van der Waals surface area contributed by atoms with Crippen molar-refractivity contribution in [1.29, 1.82) is 5.41 Å². The minimum atomic E-state index is 0.252. The third-order valence-electron chi connectivity index (χ3n) is 8.53. The van der Waals surface area contributed by atoms with Gasteiger partial charge in [-0.2, -0.15) is 0 Å². The summed E-state index contributed by atoms with van der Waals surface area (Å²) in [7, 11) is 0. The van der Waals surface area contributed by atoms with Crippen LogP contribution in [0.25, 0.3) is 33.4 Å². The molecule has 0 aliphatic carbocycles. The van der Waals surface area contributed by atoms with Crippen molar-refractivity contribution in [2.45, 2.75) is 32.0 Å². The van der Waals surface area contributed by atoms with Crippen LogP contribution in [0.3, 0.4) is 0 Å². The lowest BCUT2D eigenvalue weighted by Crippen LogP contribution is -2.37. The van der Waals surface area contributed by atoms with Gasteiger partial charge in [-0.15, -0.1) is 0 Å². The molecule has 0 radical (unpaired) electrons. The Morgan fingerprint density at radius 3 is 1.76 bits per heavy atom. The molecule has 1 N–H and O–H groups in total. The summed E-state index contributed by atoms with van der Waals surface area (Å²) in [5.74, 6) is 0. The first-order valence-electron chi connectivity index (χ1n) is 14.9. The fourth-order valence-corrected chi connectivity index (χ4v) is 6.44. The monoisotopic (exact) mass is 549 g/mol. The summed E-state index contributed by atoms with van der Waals surface area (Å²) in [5.41, 5.74) is 8.40. The van der Waals surface area contributed by atoms with Gasteiger partial charge >= 0.3 is 0 Å². The van der Waals surface area contributed by atoms with Gasteiger partial charge < -0.3 is 9.13 Å². The Hall–Kier alpha value is -4.74. The first-order chi connectivity index (χ1) is 20.8. The highest BCUT2D eigenvalue weighted by Crippen LogP contribution is 2.39. The zero-order chi connectivity index (χ0) is 28.3. The summed E-state index contributed by atoms with van der Waals surface area (Å²) in [6.45, 7) is 3.69. The van der Waals surface area contributed by atoms with E-state index in [2.05, 4.69) is 135 Å². The Morgan fingerprint density at radius 2 is 1.17 bits per heavy atom.